The lowest BCUT2D eigenvalue weighted by Crippen LogP contribution is -2.13. The number of nitrogens with zero attached hydrogens (tertiary/aromatic N) is 1. The second-order valence-corrected chi connectivity index (χ2v) is 2.93. The van der Waals surface area contributed by atoms with Gasteiger partial charge in [0.05, 0.1) is 17.9 Å². The van der Waals surface area contributed by atoms with Crippen molar-refractivity contribution in [3.05, 3.63) is 29.1 Å². The summed E-state index contributed by atoms with van der Waals surface area (Å²) in [4.78, 5) is 13.9. The summed E-state index contributed by atoms with van der Waals surface area (Å²) < 4.78 is 41.5. The molecule has 0 aliphatic carbocycles. The maximum Gasteiger partial charge on any atom is 0.433 e. The van der Waals surface area contributed by atoms with E-state index in [4.69, 9.17) is 5.11 Å². The molecule has 1 rings (SSSR count). The van der Waals surface area contributed by atoms with Crippen LogP contribution in [0.3, 0.4) is 0 Å². The van der Waals surface area contributed by atoms with E-state index in [1.165, 1.54) is 7.11 Å². The fraction of sp³-hybridized carbons (Fsp3) is 0.333. The smallest absolute Gasteiger partial charge is 0.433 e. The van der Waals surface area contributed by atoms with E-state index in [9.17, 15) is 18.0 Å². The van der Waals surface area contributed by atoms with E-state index in [-0.39, 0.29) is 17.9 Å². The van der Waals surface area contributed by atoms with Gasteiger partial charge >= 0.3 is 12.1 Å². The molecule has 0 fully saturated rings. The van der Waals surface area contributed by atoms with Crippen LogP contribution in [0.5, 0.6) is 0 Å². The second kappa shape index (κ2) is 4.48. The molecule has 88 valence electrons. The highest BCUT2D eigenvalue weighted by Crippen LogP contribution is 2.28. The fourth-order valence-corrected chi connectivity index (χ4v) is 1.10. The molecule has 0 amide bonds. The molecular formula is C9H8F3NO3. The monoisotopic (exact) mass is 235 g/mol. The van der Waals surface area contributed by atoms with Crippen molar-refractivity contribution in [2.45, 2.75) is 12.8 Å². The van der Waals surface area contributed by atoms with Crippen molar-refractivity contribution in [1.29, 1.82) is 0 Å². The number of carboxylic acids is 1. The van der Waals surface area contributed by atoms with Crippen LogP contribution >= 0.6 is 0 Å². The number of carbonyl (C=O) groups is 1. The van der Waals surface area contributed by atoms with Gasteiger partial charge in [-0.25, -0.2) is 9.78 Å². The highest BCUT2D eigenvalue weighted by Gasteiger charge is 2.33. The Balaban J connectivity index is 3.22. The van der Waals surface area contributed by atoms with Crippen molar-refractivity contribution in [2.75, 3.05) is 7.11 Å². The predicted molar refractivity (Wildman–Crippen MR) is 46.9 cm³/mol. The SMILES string of the molecule is COCc1nc(C(F)(F)F)ccc1C(=O)O. The molecule has 1 aromatic rings. The average molecular weight is 235 g/mol. The summed E-state index contributed by atoms with van der Waals surface area (Å²) in [7, 11) is 1.24. The van der Waals surface area contributed by atoms with Crippen molar-refractivity contribution < 1.29 is 27.8 Å². The van der Waals surface area contributed by atoms with Crippen LogP contribution in [0.2, 0.25) is 0 Å². The summed E-state index contributed by atoms with van der Waals surface area (Å²) in [5.74, 6) is -1.34. The first kappa shape index (κ1) is 12.4. The van der Waals surface area contributed by atoms with Crippen LogP contribution in [0, 0.1) is 0 Å². The number of hydrogen-bond donors (Lipinski definition) is 1. The fourth-order valence-electron chi connectivity index (χ4n) is 1.10. The Morgan fingerprint density at radius 1 is 1.50 bits per heavy atom. The molecule has 0 spiro atoms. The van der Waals surface area contributed by atoms with Gasteiger partial charge in [0.2, 0.25) is 0 Å². The zero-order valence-electron chi connectivity index (χ0n) is 8.21. The normalized spacial score (nSPS) is 11.5. The Bertz CT molecular complexity index is 403. The zero-order valence-corrected chi connectivity index (χ0v) is 8.21. The molecule has 4 nitrogen and oxygen atoms in total. The molecule has 1 N–H and O–H groups in total. The number of hydrogen-bond acceptors (Lipinski definition) is 3. The topological polar surface area (TPSA) is 59.4 Å². The van der Waals surface area contributed by atoms with Crippen molar-refractivity contribution >= 4 is 5.97 Å². The summed E-state index contributed by atoms with van der Waals surface area (Å²) in [5, 5.41) is 8.71. The molecule has 0 unspecified atom stereocenters. The van der Waals surface area contributed by atoms with Crippen LogP contribution in [-0.2, 0) is 17.5 Å². The number of methoxy groups -OCH3 is 1. The highest BCUT2D eigenvalue weighted by atomic mass is 19.4. The van der Waals surface area contributed by atoms with Gasteiger partial charge in [0.1, 0.15) is 5.69 Å². The molecule has 0 saturated heterocycles. The molecule has 1 heterocycles. The van der Waals surface area contributed by atoms with Crippen LogP contribution in [0.25, 0.3) is 0 Å². The average Bonchev–Trinajstić information content (AvgIpc) is 2.16. The van der Waals surface area contributed by atoms with Crippen molar-refractivity contribution in [2.24, 2.45) is 0 Å². The van der Waals surface area contributed by atoms with Gasteiger partial charge in [-0.2, -0.15) is 13.2 Å². The first-order valence-electron chi connectivity index (χ1n) is 4.15. The molecular weight excluding hydrogens is 227 g/mol. The molecule has 0 saturated carbocycles. The molecule has 1 aromatic heterocycles. The van der Waals surface area contributed by atoms with Gasteiger partial charge in [-0.1, -0.05) is 0 Å². The summed E-state index contributed by atoms with van der Waals surface area (Å²) in [6.45, 7) is -0.286. The summed E-state index contributed by atoms with van der Waals surface area (Å²) in [6, 6.07) is 1.50. The van der Waals surface area contributed by atoms with Crippen LogP contribution < -0.4 is 0 Å². The van der Waals surface area contributed by atoms with E-state index in [0.29, 0.717) is 6.07 Å². The Morgan fingerprint density at radius 2 is 2.12 bits per heavy atom. The van der Waals surface area contributed by atoms with E-state index < -0.39 is 17.8 Å². The standard InChI is InChI=1S/C9H8F3NO3/c1-16-4-6-5(8(14)15)2-3-7(13-6)9(10,11)12/h2-3H,4H2,1H3,(H,14,15). The number of aromatic carboxylic acids is 1. The Labute approximate surface area is 88.7 Å². The minimum absolute atomic E-state index is 0.246. The van der Waals surface area contributed by atoms with E-state index in [2.05, 4.69) is 9.72 Å². The van der Waals surface area contributed by atoms with Crippen molar-refractivity contribution in [1.82, 2.24) is 4.98 Å². The molecule has 0 atom stereocenters. The highest BCUT2D eigenvalue weighted by molar-refractivity contribution is 5.88. The Morgan fingerprint density at radius 3 is 2.56 bits per heavy atom. The van der Waals surface area contributed by atoms with Crippen LogP contribution in [-0.4, -0.2) is 23.2 Å². The van der Waals surface area contributed by atoms with Gasteiger partial charge in [0, 0.05) is 7.11 Å². The minimum atomic E-state index is -4.60. The lowest BCUT2D eigenvalue weighted by molar-refractivity contribution is -0.141. The number of halogens is 3. The van der Waals surface area contributed by atoms with E-state index in [1.807, 2.05) is 0 Å². The lowest BCUT2D eigenvalue weighted by Gasteiger charge is -2.09. The third-order valence-electron chi connectivity index (χ3n) is 1.78. The number of aromatic nitrogens is 1. The van der Waals surface area contributed by atoms with Gasteiger partial charge in [-0.15, -0.1) is 0 Å². The summed E-state index contributed by atoms with van der Waals surface area (Å²) in [5.41, 5.74) is -1.68. The van der Waals surface area contributed by atoms with Crippen LogP contribution in [0.4, 0.5) is 13.2 Å². The number of ether oxygens (including phenoxy) is 1. The first-order chi connectivity index (χ1) is 7.36. The largest absolute Gasteiger partial charge is 0.478 e. The second-order valence-electron chi connectivity index (χ2n) is 2.93. The quantitative estimate of drug-likeness (QED) is 0.869. The molecule has 16 heavy (non-hydrogen) atoms. The molecule has 0 aromatic carbocycles. The van der Waals surface area contributed by atoms with E-state index in [0.717, 1.165) is 6.07 Å². The van der Waals surface area contributed by atoms with Crippen LogP contribution in [0.1, 0.15) is 21.7 Å². The third-order valence-corrected chi connectivity index (χ3v) is 1.78. The number of rotatable bonds is 3. The van der Waals surface area contributed by atoms with Gasteiger partial charge in [0.25, 0.3) is 0 Å². The van der Waals surface area contributed by atoms with Gasteiger partial charge in [-0.3, -0.25) is 0 Å². The van der Waals surface area contributed by atoms with E-state index in [1.54, 1.807) is 0 Å². The molecule has 0 aliphatic rings. The van der Waals surface area contributed by atoms with Gasteiger partial charge in [-0.05, 0) is 12.1 Å². The van der Waals surface area contributed by atoms with Crippen molar-refractivity contribution in [3.63, 3.8) is 0 Å². The predicted octanol–water partition coefficient (Wildman–Crippen LogP) is 1.95. The van der Waals surface area contributed by atoms with Crippen LogP contribution in [0.15, 0.2) is 12.1 Å². The van der Waals surface area contributed by atoms with Crippen molar-refractivity contribution in [3.8, 4) is 0 Å². The summed E-state index contributed by atoms with van der Waals surface area (Å²) in [6.07, 6.45) is -4.60. The van der Waals surface area contributed by atoms with Gasteiger partial charge < -0.3 is 9.84 Å². The molecule has 0 radical (unpaired) electrons. The lowest BCUT2D eigenvalue weighted by atomic mass is 10.1. The zero-order chi connectivity index (χ0) is 12.3. The Kier molecular flexibility index (Phi) is 3.48. The number of pyridine rings is 1. The van der Waals surface area contributed by atoms with Gasteiger partial charge in [0.15, 0.2) is 0 Å². The molecule has 7 heteroatoms. The maximum absolute atomic E-state index is 12.3. The molecule has 0 aliphatic heterocycles. The molecule has 0 bridgehead atoms. The number of alkyl halides is 3. The first-order valence-corrected chi connectivity index (χ1v) is 4.15. The third kappa shape index (κ3) is 2.69. The summed E-state index contributed by atoms with van der Waals surface area (Å²) >= 11 is 0. The number of carboxylic acid groups (broad SMARTS) is 1. The Hall–Kier alpha value is -1.63. The maximum atomic E-state index is 12.3. The minimum Gasteiger partial charge on any atom is -0.478 e. The van der Waals surface area contributed by atoms with E-state index >= 15 is 0 Å².